The van der Waals surface area contributed by atoms with Crippen LogP contribution < -0.4 is 11.1 Å². The van der Waals surface area contributed by atoms with Crippen LogP contribution in [0.25, 0.3) is 0 Å². The molecule has 70 valence electrons. The topological polar surface area (TPSA) is 55.1 Å². The summed E-state index contributed by atoms with van der Waals surface area (Å²) in [6, 6.07) is 7.72. The van der Waals surface area contributed by atoms with Crippen LogP contribution in [0.2, 0.25) is 0 Å². The van der Waals surface area contributed by atoms with Crippen LogP contribution in [-0.2, 0) is 11.3 Å². The van der Waals surface area contributed by atoms with Crippen molar-refractivity contribution in [2.24, 2.45) is 5.73 Å². The molecule has 0 saturated carbocycles. The second-order valence-corrected chi connectivity index (χ2v) is 2.77. The quantitative estimate of drug-likeness (QED) is 0.717. The minimum atomic E-state index is -1.88. The van der Waals surface area contributed by atoms with Gasteiger partial charge in [0.15, 0.2) is 0 Å². The molecular formula is C10H14N2O. The average Bonchev–Trinajstić information content (AvgIpc) is 2.18. The summed E-state index contributed by atoms with van der Waals surface area (Å²) in [6.07, 6.45) is 0. The first-order chi connectivity index (χ1) is 6.93. The first-order valence-electron chi connectivity index (χ1n) is 5.06. The van der Waals surface area contributed by atoms with E-state index in [2.05, 4.69) is 5.32 Å². The smallest absolute Gasteiger partial charge is 0.236 e. The second-order valence-electron chi connectivity index (χ2n) is 2.77. The van der Waals surface area contributed by atoms with Crippen LogP contribution in [0.4, 0.5) is 0 Å². The molecule has 1 amide bonds. The Labute approximate surface area is 80.8 Å². The zero-order chi connectivity index (χ0) is 11.5. The van der Waals surface area contributed by atoms with Gasteiger partial charge in [-0.2, -0.15) is 0 Å². The van der Waals surface area contributed by atoms with E-state index in [9.17, 15) is 4.79 Å². The van der Waals surface area contributed by atoms with E-state index in [0.29, 0.717) is 5.56 Å². The van der Waals surface area contributed by atoms with Gasteiger partial charge in [-0.05, 0) is 12.5 Å². The Morgan fingerprint density at radius 1 is 1.62 bits per heavy atom. The highest BCUT2D eigenvalue weighted by molar-refractivity contribution is 5.80. The van der Waals surface area contributed by atoms with Gasteiger partial charge < -0.3 is 11.1 Å². The van der Waals surface area contributed by atoms with Crippen LogP contribution >= 0.6 is 0 Å². The largest absolute Gasteiger partial charge is 0.351 e. The molecule has 0 heterocycles. The molecule has 0 saturated heterocycles. The molecule has 0 fully saturated rings. The van der Waals surface area contributed by atoms with Crippen molar-refractivity contribution in [2.45, 2.75) is 19.5 Å². The fourth-order valence-electron chi connectivity index (χ4n) is 0.769. The maximum absolute atomic E-state index is 11.3. The van der Waals surface area contributed by atoms with Crippen LogP contribution in [-0.4, -0.2) is 11.9 Å². The summed E-state index contributed by atoms with van der Waals surface area (Å²) < 4.78 is 15.3. The lowest BCUT2D eigenvalue weighted by atomic mass is 10.2. The Balaban J connectivity index is 2.80. The van der Waals surface area contributed by atoms with Crippen molar-refractivity contribution in [1.29, 1.82) is 0 Å². The molecule has 0 bridgehead atoms. The van der Waals surface area contributed by atoms with Crippen molar-refractivity contribution >= 4 is 5.91 Å². The van der Waals surface area contributed by atoms with E-state index in [4.69, 9.17) is 8.48 Å². The average molecular weight is 180 g/mol. The van der Waals surface area contributed by atoms with Crippen LogP contribution in [0, 0.1) is 0 Å². The van der Waals surface area contributed by atoms with Crippen LogP contribution in [0.3, 0.4) is 0 Å². The molecule has 0 radical (unpaired) electrons. The molecule has 1 rings (SSSR count). The highest BCUT2D eigenvalue weighted by Crippen LogP contribution is 1.96. The molecule has 1 aromatic rings. The van der Waals surface area contributed by atoms with Gasteiger partial charge in [0.25, 0.3) is 0 Å². The minimum Gasteiger partial charge on any atom is -0.351 e. The van der Waals surface area contributed by atoms with Crippen LogP contribution in [0.5, 0.6) is 0 Å². The second kappa shape index (κ2) is 4.62. The van der Waals surface area contributed by atoms with Crippen molar-refractivity contribution in [3.8, 4) is 0 Å². The number of hydrogen-bond donors (Lipinski definition) is 2. The van der Waals surface area contributed by atoms with Gasteiger partial charge in [-0.1, -0.05) is 30.3 Å². The summed E-state index contributed by atoms with van der Waals surface area (Å²) in [5.74, 6) is -0.510. The molecule has 0 aliphatic heterocycles. The van der Waals surface area contributed by atoms with Gasteiger partial charge >= 0.3 is 0 Å². The van der Waals surface area contributed by atoms with Gasteiger partial charge in [0.1, 0.15) is 0 Å². The standard InChI is InChI=1S/C10H14N2O/c1-8(11)10(13)12-7-9-5-3-2-4-6-9/h2-6,8H,7,11H2,1H3,(H,12,13)/i7D2. The summed E-state index contributed by atoms with van der Waals surface area (Å²) in [4.78, 5) is 11.3. The fourth-order valence-corrected chi connectivity index (χ4v) is 0.769. The number of benzene rings is 1. The molecule has 1 unspecified atom stereocenters. The monoisotopic (exact) mass is 180 g/mol. The SMILES string of the molecule is [2H]C([2H])(NC(=O)C(C)N)c1ccccc1. The molecule has 1 atom stereocenters. The maximum Gasteiger partial charge on any atom is 0.236 e. The third-order valence-corrected chi connectivity index (χ3v) is 1.52. The normalized spacial score (nSPS) is 15.5. The Hall–Kier alpha value is -1.35. The number of rotatable bonds is 3. The van der Waals surface area contributed by atoms with Crippen molar-refractivity contribution in [3.63, 3.8) is 0 Å². The first-order valence-corrected chi connectivity index (χ1v) is 4.06. The van der Waals surface area contributed by atoms with Crippen molar-refractivity contribution in [3.05, 3.63) is 35.9 Å². The number of amides is 1. The van der Waals surface area contributed by atoms with Crippen molar-refractivity contribution < 1.29 is 7.54 Å². The van der Waals surface area contributed by atoms with E-state index in [1.807, 2.05) is 0 Å². The van der Waals surface area contributed by atoms with E-state index < -0.39 is 18.4 Å². The van der Waals surface area contributed by atoms with Crippen molar-refractivity contribution in [2.75, 3.05) is 0 Å². The van der Waals surface area contributed by atoms with Crippen LogP contribution in [0.15, 0.2) is 30.3 Å². The van der Waals surface area contributed by atoms with Gasteiger partial charge in [0, 0.05) is 6.50 Å². The Morgan fingerprint density at radius 3 is 2.77 bits per heavy atom. The van der Waals surface area contributed by atoms with E-state index >= 15 is 0 Å². The highest BCUT2D eigenvalue weighted by Gasteiger charge is 2.05. The molecule has 0 aliphatic carbocycles. The summed E-state index contributed by atoms with van der Waals surface area (Å²) in [6.45, 7) is -0.373. The van der Waals surface area contributed by atoms with E-state index in [1.54, 1.807) is 30.3 Å². The number of hydrogen-bond acceptors (Lipinski definition) is 2. The summed E-state index contributed by atoms with van der Waals surface area (Å²) >= 11 is 0. The third kappa shape index (κ3) is 3.25. The molecule has 1 aromatic carbocycles. The molecule has 3 heteroatoms. The van der Waals surface area contributed by atoms with Crippen LogP contribution in [0.1, 0.15) is 15.2 Å². The van der Waals surface area contributed by atoms with Gasteiger partial charge in [-0.25, -0.2) is 0 Å². The van der Waals surface area contributed by atoms with Crippen molar-refractivity contribution in [1.82, 2.24) is 5.32 Å². The van der Waals surface area contributed by atoms with E-state index in [-0.39, 0.29) is 0 Å². The third-order valence-electron chi connectivity index (χ3n) is 1.52. The van der Waals surface area contributed by atoms with Gasteiger partial charge in [-0.15, -0.1) is 0 Å². The fraction of sp³-hybridized carbons (Fsp3) is 0.300. The lowest BCUT2D eigenvalue weighted by molar-refractivity contribution is -0.122. The number of carbonyl (C=O) groups excluding carboxylic acids is 1. The predicted octanol–water partition coefficient (Wildman–Crippen LogP) is 0.650. The molecule has 0 spiro atoms. The molecular weight excluding hydrogens is 164 g/mol. The predicted molar refractivity (Wildman–Crippen MR) is 51.9 cm³/mol. The van der Waals surface area contributed by atoms with Gasteiger partial charge in [-0.3, -0.25) is 4.79 Å². The zero-order valence-corrected chi connectivity index (χ0v) is 7.45. The van der Waals surface area contributed by atoms with Gasteiger partial charge in [0.2, 0.25) is 5.91 Å². The minimum absolute atomic E-state index is 0.402. The Kier molecular flexibility index (Phi) is 2.52. The number of carbonyl (C=O) groups is 1. The number of nitrogens with two attached hydrogens (primary N) is 1. The summed E-state index contributed by atoms with van der Waals surface area (Å²) in [5.41, 5.74) is 5.74. The maximum atomic E-state index is 11.3. The Bertz CT molecular complexity index is 339. The van der Waals surface area contributed by atoms with Gasteiger partial charge in [0.05, 0.1) is 8.78 Å². The molecule has 13 heavy (non-hydrogen) atoms. The summed E-state index contributed by atoms with van der Waals surface area (Å²) in [7, 11) is 0. The molecule has 0 aliphatic rings. The lowest BCUT2D eigenvalue weighted by Crippen LogP contribution is -2.37. The number of nitrogens with one attached hydrogen (secondary N) is 1. The van der Waals surface area contributed by atoms with E-state index in [0.717, 1.165) is 0 Å². The Morgan fingerprint density at radius 2 is 2.23 bits per heavy atom. The molecule has 3 nitrogen and oxygen atoms in total. The summed E-state index contributed by atoms with van der Waals surface area (Å²) in [5, 5.41) is 2.24. The zero-order valence-electron chi connectivity index (χ0n) is 9.45. The van der Waals surface area contributed by atoms with E-state index in [1.165, 1.54) is 6.92 Å². The highest BCUT2D eigenvalue weighted by atomic mass is 16.2. The first kappa shape index (κ1) is 7.09. The molecule has 3 N–H and O–H groups in total. The molecule has 0 aromatic heterocycles. The lowest BCUT2D eigenvalue weighted by Gasteiger charge is -2.06.